The van der Waals surface area contributed by atoms with E-state index in [0.29, 0.717) is 11.3 Å². The van der Waals surface area contributed by atoms with Crippen LogP contribution in [0.15, 0.2) is 30.9 Å². The molecule has 3 aromatic heterocycles. The summed E-state index contributed by atoms with van der Waals surface area (Å²) in [5, 5.41) is 8.17. The minimum absolute atomic E-state index is 0.0325. The van der Waals surface area contributed by atoms with E-state index in [9.17, 15) is 18.0 Å². The highest BCUT2D eigenvalue weighted by atomic mass is 19.4. The molecule has 0 aliphatic heterocycles. The maximum atomic E-state index is 13.2. The summed E-state index contributed by atoms with van der Waals surface area (Å²) in [7, 11) is 1.69. The Bertz CT molecular complexity index is 1110. The molecule has 8 nitrogen and oxygen atoms in total. The van der Waals surface area contributed by atoms with Gasteiger partial charge in [0.2, 0.25) is 0 Å². The van der Waals surface area contributed by atoms with E-state index in [1.807, 2.05) is 0 Å². The van der Waals surface area contributed by atoms with Gasteiger partial charge in [-0.25, -0.2) is 14.6 Å². The number of nitrogens with two attached hydrogens (primary N) is 1. The number of aryl methyl sites for hydroxylation is 1. The molecule has 0 bridgehead atoms. The van der Waals surface area contributed by atoms with E-state index in [2.05, 4.69) is 20.2 Å². The molecule has 1 fully saturated rings. The fraction of sp³-hybridized carbons (Fsp3) is 0.278. The van der Waals surface area contributed by atoms with Gasteiger partial charge in [0.05, 0.1) is 11.8 Å². The lowest BCUT2D eigenvalue weighted by molar-refractivity contribution is -0.141. The summed E-state index contributed by atoms with van der Waals surface area (Å²) in [4.78, 5) is 19.6. The van der Waals surface area contributed by atoms with Crippen LogP contribution < -0.4 is 5.73 Å². The summed E-state index contributed by atoms with van der Waals surface area (Å²) in [6.07, 6.45) is 2.77. The Morgan fingerprint density at radius 3 is 2.66 bits per heavy atom. The molecule has 0 atom stereocenters. The van der Waals surface area contributed by atoms with Crippen molar-refractivity contribution in [2.75, 3.05) is 0 Å². The first-order valence-corrected chi connectivity index (χ1v) is 8.72. The molecular weight excluding hydrogens is 387 g/mol. The normalized spacial score (nSPS) is 15.0. The minimum atomic E-state index is -4.57. The molecule has 4 rings (SSSR count). The number of nitrogens with zero attached hydrogens (tertiary/aromatic N) is 6. The second kappa shape index (κ2) is 6.83. The van der Waals surface area contributed by atoms with Crippen LogP contribution in [0.4, 0.5) is 13.2 Å². The van der Waals surface area contributed by atoms with E-state index >= 15 is 0 Å². The minimum Gasteiger partial charge on any atom is -0.366 e. The summed E-state index contributed by atoms with van der Waals surface area (Å²) in [5.41, 5.74) is 5.67. The number of aromatic nitrogens is 6. The van der Waals surface area contributed by atoms with Crippen molar-refractivity contribution in [1.29, 1.82) is 0 Å². The van der Waals surface area contributed by atoms with Crippen LogP contribution in [0.5, 0.6) is 0 Å². The van der Waals surface area contributed by atoms with Crippen molar-refractivity contribution in [3.8, 4) is 11.4 Å². The number of carbonyl (C=O) groups is 1. The summed E-state index contributed by atoms with van der Waals surface area (Å²) in [5.74, 6) is -0.578. The second-order valence-electron chi connectivity index (χ2n) is 6.80. The molecule has 3 heterocycles. The highest BCUT2D eigenvalue weighted by molar-refractivity contribution is 6.22. The van der Waals surface area contributed by atoms with Gasteiger partial charge in [-0.3, -0.25) is 9.48 Å². The van der Waals surface area contributed by atoms with Gasteiger partial charge in [0.15, 0.2) is 5.82 Å². The molecule has 1 saturated carbocycles. The van der Waals surface area contributed by atoms with Gasteiger partial charge in [-0.05, 0) is 25.0 Å². The lowest BCUT2D eigenvalue weighted by atomic mass is 10.1. The van der Waals surface area contributed by atoms with Gasteiger partial charge in [0, 0.05) is 42.2 Å². The zero-order chi connectivity index (χ0) is 20.8. The standard InChI is InChI=1S/C18H16F3N7O/c1-27-7-12(6-24-27)13(16(22)29)8-28-9-23-17(26-28)11-4-14(10-2-3-10)25-15(5-11)18(19,20)21/h4-10H,2-3H2,1H3,(H2,22,29)/b13-8+. The first-order valence-electron chi connectivity index (χ1n) is 8.72. The highest BCUT2D eigenvalue weighted by Crippen LogP contribution is 2.41. The van der Waals surface area contributed by atoms with Crippen molar-refractivity contribution >= 4 is 17.7 Å². The van der Waals surface area contributed by atoms with E-state index in [1.54, 1.807) is 19.3 Å². The topological polar surface area (TPSA) is 105 Å². The second-order valence-corrected chi connectivity index (χ2v) is 6.80. The predicted molar refractivity (Wildman–Crippen MR) is 96.8 cm³/mol. The van der Waals surface area contributed by atoms with Crippen LogP contribution in [0, 0.1) is 0 Å². The number of pyridine rings is 1. The number of rotatable bonds is 5. The molecular formula is C18H16F3N7O. The summed E-state index contributed by atoms with van der Waals surface area (Å²) in [6, 6.07) is 2.50. The Labute approximate surface area is 162 Å². The number of amides is 1. The van der Waals surface area contributed by atoms with Crippen LogP contribution in [0.1, 0.15) is 35.7 Å². The number of halogens is 3. The Balaban J connectivity index is 1.72. The van der Waals surface area contributed by atoms with Gasteiger partial charge in [0.1, 0.15) is 12.0 Å². The smallest absolute Gasteiger partial charge is 0.366 e. The number of primary amides is 1. The Hall–Kier alpha value is -3.50. The molecule has 0 spiro atoms. The van der Waals surface area contributed by atoms with Crippen molar-refractivity contribution in [2.24, 2.45) is 12.8 Å². The molecule has 11 heteroatoms. The zero-order valence-corrected chi connectivity index (χ0v) is 15.3. The van der Waals surface area contributed by atoms with Gasteiger partial charge >= 0.3 is 6.18 Å². The monoisotopic (exact) mass is 403 g/mol. The fourth-order valence-corrected chi connectivity index (χ4v) is 2.86. The summed E-state index contributed by atoms with van der Waals surface area (Å²) >= 11 is 0. The van der Waals surface area contributed by atoms with E-state index < -0.39 is 17.8 Å². The summed E-state index contributed by atoms with van der Waals surface area (Å²) < 4.78 is 42.4. The Morgan fingerprint density at radius 1 is 1.31 bits per heavy atom. The maximum absolute atomic E-state index is 13.2. The molecule has 1 aliphatic carbocycles. The number of carbonyl (C=O) groups excluding carboxylic acids is 1. The van der Waals surface area contributed by atoms with Crippen molar-refractivity contribution in [3.63, 3.8) is 0 Å². The van der Waals surface area contributed by atoms with E-state index in [4.69, 9.17) is 5.73 Å². The van der Waals surface area contributed by atoms with Crippen molar-refractivity contribution < 1.29 is 18.0 Å². The number of hydrogen-bond acceptors (Lipinski definition) is 5. The third-order valence-electron chi connectivity index (χ3n) is 4.44. The highest BCUT2D eigenvalue weighted by Gasteiger charge is 2.35. The average Bonchev–Trinajstić information content (AvgIpc) is 3.25. The van der Waals surface area contributed by atoms with Gasteiger partial charge in [0.25, 0.3) is 5.91 Å². The lowest BCUT2D eigenvalue weighted by Crippen LogP contribution is -2.13. The maximum Gasteiger partial charge on any atom is 0.433 e. The largest absolute Gasteiger partial charge is 0.433 e. The van der Waals surface area contributed by atoms with Crippen LogP contribution in [-0.4, -0.2) is 35.4 Å². The molecule has 0 unspecified atom stereocenters. The number of alkyl halides is 3. The molecule has 1 aliphatic rings. The third-order valence-corrected chi connectivity index (χ3v) is 4.44. The Kier molecular flexibility index (Phi) is 4.44. The van der Waals surface area contributed by atoms with Gasteiger partial charge in [-0.15, -0.1) is 5.10 Å². The van der Waals surface area contributed by atoms with Crippen LogP contribution in [0.3, 0.4) is 0 Å². The van der Waals surface area contributed by atoms with E-state index in [-0.39, 0.29) is 22.9 Å². The van der Waals surface area contributed by atoms with Crippen LogP contribution in [-0.2, 0) is 18.0 Å². The molecule has 0 aromatic carbocycles. The molecule has 29 heavy (non-hydrogen) atoms. The molecule has 0 saturated heterocycles. The zero-order valence-electron chi connectivity index (χ0n) is 15.3. The van der Waals surface area contributed by atoms with Gasteiger partial charge in [-0.2, -0.15) is 18.3 Å². The lowest BCUT2D eigenvalue weighted by Gasteiger charge is -2.09. The fourth-order valence-electron chi connectivity index (χ4n) is 2.86. The SMILES string of the molecule is Cn1cc(/C(=C\n2cnc(-c3cc(C4CC4)nc(C(F)(F)F)c3)n2)C(N)=O)cn1. The first-order chi connectivity index (χ1) is 13.7. The number of hydrogen-bond donors (Lipinski definition) is 1. The van der Waals surface area contributed by atoms with Crippen molar-refractivity contribution in [2.45, 2.75) is 24.9 Å². The van der Waals surface area contributed by atoms with E-state index in [0.717, 1.165) is 18.9 Å². The van der Waals surface area contributed by atoms with Crippen LogP contribution in [0.25, 0.3) is 23.2 Å². The quantitative estimate of drug-likeness (QED) is 0.659. The van der Waals surface area contributed by atoms with Crippen molar-refractivity contribution in [1.82, 2.24) is 29.5 Å². The molecule has 3 aromatic rings. The van der Waals surface area contributed by atoms with Crippen LogP contribution >= 0.6 is 0 Å². The first kappa shape index (κ1) is 18.8. The Morgan fingerprint density at radius 2 is 2.07 bits per heavy atom. The third kappa shape index (κ3) is 4.03. The molecule has 2 N–H and O–H groups in total. The predicted octanol–water partition coefficient (Wildman–Crippen LogP) is 2.45. The molecule has 150 valence electrons. The van der Waals surface area contributed by atoms with Crippen LogP contribution in [0.2, 0.25) is 0 Å². The van der Waals surface area contributed by atoms with Gasteiger partial charge < -0.3 is 5.73 Å². The van der Waals surface area contributed by atoms with E-state index in [1.165, 1.54) is 28.1 Å². The van der Waals surface area contributed by atoms with Crippen molar-refractivity contribution in [3.05, 3.63) is 47.8 Å². The summed E-state index contributed by atoms with van der Waals surface area (Å²) in [6.45, 7) is 0. The molecule has 0 radical (unpaired) electrons. The van der Waals surface area contributed by atoms with Gasteiger partial charge in [-0.1, -0.05) is 0 Å². The average molecular weight is 403 g/mol. The molecule has 1 amide bonds.